The number of carbonyl (C=O) groups excluding carboxylic acids is 1. The van der Waals surface area contributed by atoms with Gasteiger partial charge in [-0.1, -0.05) is 48.0 Å². The van der Waals surface area contributed by atoms with Gasteiger partial charge in [-0.25, -0.2) is 18.6 Å². The Bertz CT molecular complexity index is 1260. The van der Waals surface area contributed by atoms with Gasteiger partial charge in [-0.2, -0.15) is 5.10 Å². The molecule has 0 radical (unpaired) electrons. The molecule has 3 aromatic carbocycles. The third-order valence-corrected chi connectivity index (χ3v) is 7.51. The highest BCUT2D eigenvalue weighted by atomic mass is 79.9. The summed E-state index contributed by atoms with van der Waals surface area (Å²) in [7, 11) is -2.28. The lowest BCUT2D eigenvalue weighted by atomic mass is 10.0. The van der Waals surface area contributed by atoms with Gasteiger partial charge in [-0.3, -0.25) is 4.79 Å². The number of ether oxygens (including phenoxy) is 1. The molecule has 0 aliphatic carbocycles. The van der Waals surface area contributed by atoms with E-state index in [9.17, 15) is 13.2 Å². The van der Waals surface area contributed by atoms with Crippen LogP contribution in [0.3, 0.4) is 0 Å². The predicted octanol–water partition coefficient (Wildman–Crippen LogP) is 5.09. The van der Waals surface area contributed by atoms with Gasteiger partial charge in [0.1, 0.15) is 5.75 Å². The van der Waals surface area contributed by atoms with Gasteiger partial charge in [0.25, 0.3) is 0 Å². The highest BCUT2D eigenvalue weighted by Gasteiger charge is 2.23. The van der Waals surface area contributed by atoms with Crippen molar-refractivity contribution in [3.63, 3.8) is 0 Å². The molecule has 34 heavy (non-hydrogen) atoms. The summed E-state index contributed by atoms with van der Waals surface area (Å²) in [4.78, 5) is 12.8. The van der Waals surface area contributed by atoms with E-state index in [4.69, 9.17) is 4.74 Å². The molecule has 0 bridgehead atoms. The first-order valence-corrected chi connectivity index (χ1v) is 13.3. The van der Waals surface area contributed by atoms with E-state index in [1.807, 2.05) is 13.0 Å². The fraction of sp³-hybridized carbons (Fsp3) is 0.167. The molecule has 10 heteroatoms. The van der Waals surface area contributed by atoms with Gasteiger partial charge in [0.2, 0.25) is 15.9 Å². The maximum atomic E-state index is 12.9. The number of benzene rings is 3. The monoisotopic (exact) mass is 607 g/mol. The van der Waals surface area contributed by atoms with Gasteiger partial charge >= 0.3 is 0 Å². The molecule has 0 spiro atoms. The van der Waals surface area contributed by atoms with Crippen LogP contribution in [0, 0.1) is 6.92 Å². The average Bonchev–Trinajstić information content (AvgIpc) is 2.79. The number of hydrogen-bond acceptors (Lipinski definition) is 5. The Hall–Kier alpha value is -2.53. The van der Waals surface area contributed by atoms with E-state index in [2.05, 4.69) is 47.1 Å². The SMILES string of the molecule is COc1c(Br)cc(/C=N\NC(=O)C[C@@H](NS(=O)(=O)c2ccc(C)cc2)c2ccccc2)cc1Br. The highest BCUT2D eigenvalue weighted by molar-refractivity contribution is 9.11. The fourth-order valence-corrected chi connectivity index (χ4v) is 5.91. The molecule has 0 aromatic heterocycles. The van der Waals surface area contributed by atoms with Crippen LogP contribution < -0.4 is 14.9 Å². The number of nitrogens with zero attached hydrogens (tertiary/aromatic N) is 1. The van der Waals surface area contributed by atoms with Crippen LogP contribution in [0.15, 0.2) is 85.7 Å². The molecular formula is C24H23Br2N3O4S. The first-order valence-electron chi connectivity index (χ1n) is 10.2. The van der Waals surface area contributed by atoms with E-state index < -0.39 is 22.0 Å². The Morgan fingerprint density at radius 2 is 1.68 bits per heavy atom. The van der Waals surface area contributed by atoms with Gasteiger partial charge in [0, 0.05) is 6.42 Å². The summed E-state index contributed by atoms with van der Waals surface area (Å²) in [6.07, 6.45) is 1.35. The molecule has 0 saturated heterocycles. The van der Waals surface area contributed by atoms with Gasteiger partial charge in [-0.05, 0) is 74.2 Å². The van der Waals surface area contributed by atoms with E-state index in [-0.39, 0.29) is 11.3 Å². The summed E-state index contributed by atoms with van der Waals surface area (Å²) in [6, 6.07) is 18.3. The average molecular weight is 609 g/mol. The molecule has 0 heterocycles. The van der Waals surface area contributed by atoms with Crippen LogP contribution in [0.2, 0.25) is 0 Å². The van der Waals surface area contributed by atoms with Crippen LogP contribution >= 0.6 is 31.9 Å². The van der Waals surface area contributed by atoms with Crippen molar-refractivity contribution < 1.29 is 17.9 Å². The zero-order chi connectivity index (χ0) is 24.7. The van der Waals surface area contributed by atoms with Crippen molar-refractivity contribution in [2.24, 2.45) is 5.10 Å². The topological polar surface area (TPSA) is 96.9 Å². The van der Waals surface area contributed by atoms with E-state index in [1.54, 1.807) is 55.6 Å². The molecule has 178 valence electrons. The first-order chi connectivity index (χ1) is 16.2. The molecule has 3 rings (SSSR count). The van der Waals surface area contributed by atoms with Gasteiger partial charge in [0.15, 0.2) is 0 Å². The standard InChI is InChI=1S/C24H23Br2N3O4S/c1-16-8-10-19(11-9-16)34(31,32)29-22(18-6-4-3-5-7-18)14-23(30)28-27-15-17-12-20(25)24(33-2)21(26)13-17/h3-13,15,22,29H,14H2,1-2H3,(H,28,30)/b27-15-/t22-/m1/s1. The molecule has 0 aliphatic heterocycles. The number of halogens is 2. The van der Waals surface area contributed by atoms with E-state index in [1.165, 1.54) is 18.3 Å². The molecule has 0 fully saturated rings. The number of hydrazone groups is 1. The van der Waals surface area contributed by atoms with Gasteiger partial charge < -0.3 is 4.74 Å². The van der Waals surface area contributed by atoms with Crippen molar-refractivity contribution in [1.29, 1.82) is 0 Å². The second kappa shape index (κ2) is 11.7. The molecule has 3 aromatic rings. The predicted molar refractivity (Wildman–Crippen MR) is 139 cm³/mol. The largest absolute Gasteiger partial charge is 0.494 e. The van der Waals surface area contributed by atoms with Crippen molar-refractivity contribution in [2.75, 3.05) is 7.11 Å². The zero-order valence-corrected chi connectivity index (χ0v) is 22.4. The minimum Gasteiger partial charge on any atom is -0.494 e. The summed E-state index contributed by atoms with van der Waals surface area (Å²) < 4.78 is 35.2. The Morgan fingerprint density at radius 1 is 1.06 bits per heavy atom. The molecule has 0 aliphatic rings. The van der Waals surface area contributed by atoms with Crippen molar-refractivity contribution in [2.45, 2.75) is 24.3 Å². The minimum atomic E-state index is -3.84. The van der Waals surface area contributed by atoms with E-state index in [0.717, 1.165) is 20.1 Å². The Labute approximate surface area is 215 Å². The summed E-state index contributed by atoms with van der Waals surface area (Å²) in [5.74, 6) is 0.205. The van der Waals surface area contributed by atoms with Crippen LogP contribution in [0.25, 0.3) is 0 Å². The third kappa shape index (κ3) is 6.99. The van der Waals surface area contributed by atoms with Crippen LogP contribution in [0.5, 0.6) is 5.75 Å². The number of nitrogens with one attached hydrogen (secondary N) is 2. The Morgan fingerprint density at radius 3 is 2.26 bits per heavy atom. The number of amides is 1. The molecule has 7 nitrogen and oxygen atoms in total. The molecular weight excluding hydrogens is 586 g/mol. The van der Waals surface area contributed by atoms with Crippen LogP contribution in [0.1, 0.15) is 29.2 Å². The van der Waals surface area contributed by atoms with Crippen molar-refractivity contribution in [3.05, 3.63) is 92.4 Å². The lowest BCUT2D eigenvalue weighted by Crippen LogP contribution is -2.32. The fourth-order valence-electron chi connectivity index (χ4n) is 3.14. The summed E-state index contributed by atoms with van der Waals surface area (Å²) in [5, 5.41) is 4.01. The second-order valence-corrected chi connectivity index (χ2v) is 10.8. The Kier molecular flexibility index (Phi) is 9.01. The summed E-state index contributed by atoms with van der Waals surface area (Å²) >= 11 is 6.84. The number of methoxy groups -OCH3 is 1. The zero-order valence-electron chi connectivity index (χ0n) is 18.5. The third-order valence-electron chi connectivity index (χ3n) is 4.85. The number of hydrogen-bond donors (Lipinski definition) is 2. The number of rotatable bonds is 9. The number of aryl methyl sites for hydroxylation is 1. The molecule has 1 atom stereocenters. The molecule has 2 N–H and O–H groups in total. The van der Waals surface area contributed by atoms with Crippen LogP contribution in [-0.4, -0.2) is 27.6 Å². The van der Waals surface area contributed by atoms with Crippen LogP contribution in [-0.2, 0) is 14.8 Å². The minimum absolute atomic E-state index is 0.133. The second-order valence-electron chi connectivity index (χ2n) is 7.41. The maximum Gasteiger partial charge on any atom is 0.242 e. The lowest BCUT2D eigenvalue weighted by molar-refractivity contribution is -0.121. The normalized spacial score (nSPS) is 12.5. The smallest absolute Gasteiger partial charge is 0.242 e. The molecule has 1 amide bonds. The van der Waals surface area contributed by atoms with Gasteiger partial charge in [-0.15, -0.1) is 0 Å². The van der Waals surface area contributed by atoms with Crippen molar-refractivity contribution >= 4 is 54.0 Å². The van der Waals surface area contributed by atoms with E-state index >= 15 is 0 Å². The van der Waals surface area contributed by atoms with Gasteiger partial charge in [0.05, 0.1) is 33.2 Å². The number of sulfonamides is 1. The quantitative estimate of drug-likeness (QED) is 0.261. The van der Waals surface area contributed by atoms with Crippen molar-refractivity contribution in [3.8, 4) is 5.75 Å². The lowest BCUT2D eigenvalue weighted by Gasteiger charge is -2.18. The summed E-state index contributed by atoms with van der Waals surface area (Å²) in [5.41, 5.74) is 4.81. The molecule has 0 saturated carbocycles. The summed E-state index contributed by atoms with van der Waals surface area (Å²) in [6.45, 7) is 1.88. The molecule has 0 unspecified atom stereocenters. The number of carbonyl (C=O) groups is 1. The Balaban J connectivity index is 1.73. The van der Waals surface area contributed by atoms with E-state index in [0.29, 0.717) is 11.3 Å². The highest BCUT2D eigenvalue weighted by Crippen LogP contribution is 2.33. The maximum absolute atomic E-state index is 12.9. The van der Waals surface area contributed by atoms with Crippen molar-refractivity contribution in [1.82, 2.24) is 10.1 Å². The van der Waals surface area contributed by atoms with Crippen LogP contribution in [0.4, 0.5) is 0 Å². The first kappa shape index (κ1) is 26.1.